The summed E-state index contributed by atoms with van der Waals surface area (Å²) in [5, 5.41) is 46.5. The normalized spacial score (nSPS) is 11.9. The summed E-state index contributed by atoms with van der Waals surface area (Å²) in [6, 6.07) is 21.1. The van der Waals surface area contributed by atoms with Crippen molar-refractivity contribution in [2.24, 2.45) is 30.7 Å². The first-order valence-electron chi connectivity index (χ1n) is 9.82. The van der Waals surface area contributed by atoms with E-state index in [1.54, 1.807) is 49.5 Å². The Hall–Kier alpha value is -4.46. The molecule has 0 saturated carbocycles. The van der Waals surface area contributed by atoms with Gasteiger partial charge in [-0.25, -0.2) is 0 Å². The molecule has 8 heteroatoms. The van der Waals surface area contributed by atoms with Crippen LogP contribution in [-0.4, -0.2) is 17.3 Å². The number of azo groups is 3. The van der Waals surface area contributed by atoms with Crippen molar-refractivity contribution in [1.29, 1.82) is 0 Å². The molecule has 158 valence electrons. The van der Waals surface area contributed by atoms with Gasteiger partial charge in [-0.15, -0.1) is 10.2 Å². The molecule has 4 aromatic carbocycles. The van der Waals surface area contributed by atoms with Crippen LogP contribution in [0.25, 0.3) is 10.8 Å². The van der Waals surface area contributed by atoms with E-state index in [2.05, 4.69) is 30.7 Å². The third kappa shape index (κ3) is 4.65. The lowest BCUT2D eigenvalue weighted by Crippen LogP contribution is -1.77. The second kappa shape index (κ2) is 9.13. The minimum atomic E-state index is -0.0974. The highest BCUT2D eigenvalue weighted by molar-refractivity contribution is 5.92. The smallest absolute Gasteiger partial charge is 0.150 e. The molecule has 0 aliphatic heterocycles. The van der Waals surface area contributed by atoms with E-state index in [1.165, 1.54) is 6.07 Å². The molecule has 0 saturated heterocycles. The van der Waals surface area contributed by atoms with Gasteiger partial charge in [-0.2, -0.15) is 20.5 Å². The van der Waals surface area contributed by atoms with Crippen molar-refractivity contribution >= 4 is 39.2 Å². The fourth-order valence-corrected chi connectivity index (χ4v) is 3.09. The van der Waals surface area contributed by atoms with Gasteiger partial charge in [0.15, 0.2) is 5.75 Å². The molecule has 0 bridgehead atoms. The van der Waals surface area contributed by atoms with E-state index in [0.717, 1.165) is 16.6 Å². The van der Waals surface area contributed by atoms with Gasteiger partial charge in [0.1, 0.15) is 17.1 Å². The Labute approximate surface area is 184 Å². The van der Waals surface area contributed by atoms with Crippen molar-refractivity contribution in [3.63, 3.8) is 0 Å². The van der Waals surface area contributed by atoms with Crippen LogP contribution in [0.2, 0.25) is 0 Å². The molecule has 2 N–H and O–H groups in total. The Morgan fingerprint density at radius 3 is 1.94 bits per heavy atom. The SMILES string of the molecule is CN=Nc1ccc(N=Nc2ccc(N=Nc3ccc4cc(C)ccc4c3O)c(O)c2)cc1. The Morgan fingerprint density at radius 2 is 1.22 bits per heavy atom. The molecule has 4 aromatic rings. The maximum Gasteiger partial charge on any atom is 0.150 e. The van der Waals surface area contributed by atoms with E-state index in [-0.39, 0.29) is 17.2 Å². The summed E-state index contributed by atoms with van der Waals surface area (Å²) < 4.78 is 0. The van der Waals surface area contributed by atoms with Crippen molar-refractivity contribution in [3.8, 4) is 11.5 Å². The number of nitrogens with zero attached hydrogens (tertiary/aromatic N) is 6. The number of aryl methyl sites for hydroxylation is 1. The topological polar surface area (TPSA) is 115 Å². The Bertz CT molecular complexity index is 1360. The lowest BCUT2D eigenvalue weighted by molar-refractivity contribution is 0.475. The number of phenolic OH excluding ortho intramolecular Hbond substituents is 2. The van der Waals surface area contributed by atoms with E-state index in [1.807, 2.05) is 31.2 Å². The third-order valence-electron chi connectivity index (χ3n) is 4.70. The zero-order valence-corrected chi connectivity index (χ0v) is 17.5. The molecule has 32 heavy (non-hydrogen) atoms. The van der Waals surface area contributed by atoms with Crippen molar-refractivity contribution < 1.29 is 10.2 Å². The molecular formula is C24H20N6O2. The van der Waals surface area contributed by atoms with Crippen molar-refractivity contribution in [2.75, 3.05) is 7.05 Å². The van der Waals surface area contributed by atoms with Crippen LogP contribution in [-0.2, 0) is 0 Å². The van der Waals surface area contributed by atoms with Gasteiger partial charge in [0.05, 0.1) is 17.1 Å². The highest BCUT2D eigenvalue weighted by atomic mass is 16.3. The van der Waals surface area contributed by atoms with Crippen LogP contribution in [0, 0.1) is 6.92 Å². The van der Waals surface area contributed by atoms with E-state index in [4.69, 9.17) is 0 Å². The summed E-state index contributed by atoms with van der Waals surface area (Å²) in [5.41, 5.74) is 3.50. The Morgan fingerprint density at radius 1 is 0.594 bits per heavy atom. The minimum Gasteiger partial charge on any atom is -0.506 e. The van der Waals surface area contributed by atoms with Gasteiger partial charge in [0, 0.05) is 18.5 Å². The van der Waals surface area contributed by atoms with E-state index in [0.29, 0.717) is 22.4 Å². The maximum absolute atomic E-state index is 10.5. The summed E-state index contributed by atoms with van der Waals surface area (Å²) in [6.07, 6.45) is 0. The monoisotopic (exact) mass is 424 g/mol. The van der Waals surface area contributed by atoms with Crippen molar-refractivity contribution in [1.82, 2.24) is 0 Å². The largest absolute Gasteiger partial charge is 0.506 e. The van der Waals surface area contributed by atoms with Gasteiger partial charge in [0.25, 0.3) is 0 Å². The molecule has 0 aliphatic carbocycles. The fraction of sp³-hybridized carbons (Fsp3) is 0.0833. The highest BCUT2D eigenvalue weighted by Crippen LogP contribution is 2.38. The van der Waals surface area contributed by atoms with Crippen LogP contribution in [0.4, 0.5) is 28.4 Å². The fourth-order valence-electron chi connectivity index (χ4n) is 3.09. The Kier molecular flexibility index (Phi) is 5.94. The molecule has 0 amide bonds. The first-order valence-corrected chi connectivity index (χ1v) is 9.82. The quantitative estimate of drug-likeness (QED) is 0.315. The van der Waals surface area contributed by atoms with E-state index < -0.39 is 0 Å². The van der Waals surface area contributed by atoms with Gasteiger partial charge in [-0.1, -0.05) is 29.8 Å². The second-order valence-corrected chi connectivity index (χ2v) is 7.05. The van der Waals surface area contributed by atoms with Crippen molar-refractivity contribution in [3.05, 3.63) is 78.4 Å². The average Bonchev–Trinajstić information content (AvgIpc) is 2.79. The standard InChI is InChI=1S/C24H20N6O2/c1-15-3-10-20-16(13-15)4-11-22(24(20)32)30-29-21-12-9-19(14-23(21)31)28-27-18-7-5-17(6-8-18)26-25-2/h3-14,31-32H,1-2H3. The van der Waals surface area contributed by atoms with Gasteiger partial charge >= 0.3 is 0 Å². The van der Waals surface area contributed by atoms with Gasteiger partial charge in [0.2, 0.25) is 0 Å². The number of rotatable bonds is 5. The van der Waals surface area contributed by atoms with Crippen LogP contribution < -0.4 is 0 Å². The summed E-state index contributed by atoms with van der Waals surface area (Å²) in [7, 11) is 1.61. The first-order chi connectivity index (χ1) is 15.5. The van der Waals surface area contributed by atoms with Gasteiger partial charge in [-0.05, 0) is 54.8 Å². The first kappa shape index (κ1) is 20.8. The van der Waals surface area contributed by atoms with Crippen LogP contribution in [0.5, 0.6) is 11.5 Å². The van der Waals surface area contributed by atoms with E-state index in [9.17, 15) is 10.2 Å². The summed E-state index contributed by atoms with van der Waals surface area (Å²) >= 11 is 0. The van der Waals surface area contributed by atoms with Crippen LogP contribution >= 0.6 is 0 Å². The summed E-state index contributed by atoms with van der Waals surface area (Å²) in [5.74, 6) is -0.0533. The number of fused-ring (bicyclic) bond motifs is 1. The van der Waals surface area contributed by atoms with Crippen LogP contribution in [0.3, 0.4) is 0 Å². The number of phenols is 2. The minimum absolute atomic E-state index is 0.0441. The zero-order valence-electron chi connectivity index (χ0n) is 17.5. The number of benzene rings is 4. The van der Waals surface area contributed by atoms with Gasteiger partial charge < -0.3 is 10.2 Å². The molecule has 0 unspecified atom stereocenters. The molecule has 0 spiro atoms. The predicted octanol–water partition coefficient (Wildman–Crippen LogP) is 8.10. The molecule has 8 nitrogen and oxygen atoms in total. The molecule has 0 atom stereocenters. The molecular weight excluding hydrogens is 404 g/mol. The van der Waals surface area contributed by atoms with Crippen LogP contribution in [0.1, 0.15) is 5.56 Å². The zero-order chi connectivity index (χ0) is 22.5. The molecule has 4 rings (SSSR count). The van der Waals surface area contributed by atoms with Crippen molar-refractivity contribution in [2.45, 2.75) is 6.92 Å². The lowest BCUT2D eigenvalue weighted by Gasteiger charge is -2.05. The predicted molar refractivity (Wildman–Crippen MR) is 124 cm³/mol. The number of aromatic hydroxyl groups is 2. The molecule has 0 heterocycles. The maximum atomic E-state index is 10.5. The summed E-state index contributed by atoms with van der Waals surface area (Å²) in [6.45, 7) is 1.99. The van der Waals surface area contributed by atoms with Gasteiger partial charge in [-0.3, -0.25) is 0 Å². The molecule has 0 aromatic heterocycles. The Balaban J connectivity index is 1.52. The van der Waals surface area contributed by atoms with Crippen LogP contribution in [0.15, 0.2) is 103 Å². The molecule has 0 radical (unpaired) electrons. The average molecular weight is 424 g/mol. The van der Waals surface area contributed by atoms with E-state index >= 15 is 0 Å². The number of hydrogen-bond donors (Lipinski definition) is 2. The summed E-state index contributed by atoms with van der Waals surface area (Å²) in [4.78, 5) is 0. The second-order valence-electron chi connectivity index (χ2n) is 7.05. The highest BCUT2D eigenvalue weighted by Gasteiger charge is 2.07. The molecule has 0 aliphatic rings. The number of hydrogen-bond acceptors (Lipinski definition) is 8. The third-order valence-corrected chi connectivity index (χ3v) is 4.70. The lowest BCUT2D eigenvalue weighted by atomic mass is 10.1. The molecule has 0 fully saturated rings.